The van der Waals surface area contributed by atoms with Crippen molar-refractivity contribution in [1.29, 1.82) is 0 Å². The van der Waals surface area contributed by atoms with Gasteiger partial charge in [-0.2, -0.15) is 4.31 Å². The Hall–Kier alpha value is -2.26. The van der Waals surface area contributed by atoms with Crippen LogP contribution in [0.5, 0.6) is 0 Å². The first-order valence-electron chi connectivity index (χ1n) is 9.72. The molecule has 0 aliphatic carbocycles. The van der Waals surface area contributed by atoms with E-state index < -0.39 is 10.0 Å². The molecule has 30 heavy (non-hydrogen) atoms. The summed E-state index contributed by atoms with van der Waals surface area (Å²) in [5.41, 5.74) is 2.14. The number of hydrogen-bond acceptors (Lipinski definition) is 5. The molecule has 1 saturated heterocycles. The molecule has 1 aliphatic heterocycles. The van der Waals surface area contributed by atoms with Crippen LogP contribution in [0.4, 0.5) is 0 Å². The summed E-state index contributed by atoms with van der Waals surface area (Å²) in [6.45, 7) is 6.10. The minimum atomic E-state index is -3.53. The Balaban J connectivity index is 1.47. The van der Waals surface area contributed by atoms with Gasteiger partial charge in [0.05, 0.1) is 22.3 Å². The van der Waals surface area contributed by atoms with Crippen LogP contribution in [0.3, 0.4) is 0 Å². The number of nitrogens with zero attached hydrogens (tertiary/aromatic N) is 3. The number of fused-ring (bicyclic) bond motifs is 1. The SMILES string of the molecule is Cc1ccc(S(=O)(=O)N2CCN(Cc3nc4cc(Cl)ccc4c(=O)[nH]3)CC2)c(C)c1. The zero-order valence-electron chi connectivity index (χ0n) is 16.9. The minimum Gasteiger partial charge on any atom is -0.309 e. The molecular formula is C21H23ClN4O3S. The second-order valence-electron chi connectivity index (χ2n) is 7.62. The fourth-order valence-corrected chi connectivity index (χ4v) is 5.60. The van der Waals surface area contributed by atoms with Gasteiger partial charge in [-0.1, -0.05) is 29.3 Å². The van der Waals surface area contributed by atoms with Crippen LogP contribution in [0.15, 0.2) is 46.1 Å². The van der Waals surface area contributed by atoms with Gasteiger partial charge in [-0.3, -0.25) is 9.69 Å². The number of aromatic amines is 1. The average Bonchev–Trinajstić information content (AvgIpc) is 2.67. The highest BCUT2D eigenvalue weighted by Crippen LogP contribution is 2.22. The average molecular weight is 447 g/mol. The van der Waals surface area contributed by atoms with E-state index in [0.717, 1.165) is 11.1 Å². The number of H-pyrrole nitrogens is 1. The molecule has 0 bridgehead atoms. The fraction of sp³-hybridized carbons (Fsp3) is 0.333. The number of piperazine rings is 1. The summed E-state index contributed by atoms with van der Waals surface area (Å²) in [6, 6.07) is 10.4. The van der Waals surface area contributed by atoms with Crippen LogP contribution in [0.25, 0.3) is 10.9 Å². The summed E-state index contributed by atoms with van der Waals surface area (Å²) in [7, 11) is -3.53. The van der Waals surface area contributed by atoms with Crippen molar-refractivity contribution in [3.8, 4) is 0 Å². The van der Waals surface area contributed by atoms with E-state index in [0.29, 0.717) is 59.4 Å². The fourth-order valence-electron chi connectivity index (χ4n) is 3.80. The molecule has 4 rings (SSSR count). The zero-order valence-corrected chi connectivity index (χ0v) is 18.4. The van der Waals surface area contributed by atoms with Crippen molar-refractivity contribution in [2.45, 2.75) is 25.3 Å². The number of halogens is 1. The molecule has 1 aromatic heterocycles. The maximum absolute atomic E-state index is 13.0. The van der Waals surface area contributed by atoms with E-state index in [1.165, 1.54) is 4.31 Å². The number of rotatable bonds is 4. The number of aromatic nitrogens is 2. The highest BCUT2D eigenvalue weighted by molar-refractivity contribution is 7.89. The highest BCUT2D eigenvalue weighted by atomic mass is 35.5. The van der Waals surface area contributed by atoms with Crippen molar-refractivity contribution >= 4 is 32.5 Å². The lowest BCUT2D eigenvalue weighted by atomic mass is 10.2. The van der Waals surface area contributed by atoms with Crippen molar-refractivity contribution < 1.29 is 8.42 Å². The summed E-state index contributed by atoms with van der Waals surface area (Å²) in [6.07, 6.45) is 0. The van der Waals surface area contributed by atoms with Crippen LogP contribution < -0.4 is 5.56 Å². The van der Waals surface area contributed by atoms with Crippen molar-refractivity contribution in [2.75, 3.05) is 26.2 Å². The summed E-state index contributed by atoms with van der Waals surface area (Å²) in [5.74, 6) is 0.542. The quantitative estimate of drug-likeness (QED) is 0.665. The molecule has 158 valence electrons. The van der Waals surface area contributed by atoms with Crippen molar-refractivity contribution in [3.63, 3.8) is 0 Å². The van der Waals surface area contributed by atoms with Crippen LogP contribution in [-0.2, 0) is 16.6 Å². The largest absolute Gasteiger partial charge is 0.309 e. The van der Waals surface area contributed by atoms with Gasteiger partial charge in [-0.15, -0.1) is 0 Å². The van der Waals surface area contributed by atoms with Gasteiger partial charge in [0.2, 0.25) is 10.0 Å². The number of nitrogens with one attached hydrogen (secondary N) is 1. The summed E-state index contributed by atoms with van der Waals surface area (Å²) in [5, 5.41) is 1.02. The van der Waals surface area contributed by atoms with E-state index >= 15 is 0 Å². The molecular weight excluding hydrogens is 424 g/mol. The molecule has 3 aromatic rings. The Morgan fingerprint density at radius 2 is 1.80 bits per heavy atom. The molecule has 7 nitrogen and oxygen atoms in total. The molecule has 2 heterocycles. The van der Waals surface area contributed by atoms with Gasteiger partial charge in [-0.05, 0) is 43.7 Å². The van der Waals surface area contributed by atoms with E-state index in [4.69, 9.17) is 11.6 Å². The van der Waals surface area contributed by atoms with Crippen LogP contribution in [-0.4, -0.2) is 53.8 Å². The molecule has 2 aromatic carbocycles. The normalized spacial score (nSPS) is 16.2. The van der Waals surface area contributed by atoms with Crippen LogP contribution in [0.1, 0.15) is 17.0 Å². The van der Waals surface area contributed by atoms with Gasteiger partial charge in [0.1, 0.15) is 5.82 Å². The van der Waals surface area contributed by atoms with Gasteiger partial charge in [-0.25, -0.2) is 13.4 Å². The first-order chi connectivity index (χ1) is 14.2. The predicted molar refractivity (Wildman–Crippen MR) is 117 cm³/mol. The molecule has 1 aliphatic rings. The second-order valence-corrected chi connectivity index (χ2v) is 9.97. The maximum Gasteiger partial charge on any atom is 0.258 e. The molecule has 9 heteroatoms. The first kappa shape index (κ1) is 21.0. The summed E-state index contributed by atoms with van der Waals surface area (Å²) >= 11 is 6.02. The maximum atomic E-state index is 13.0. The summed E-state index contributed by atoms with van der Waals surface area (Å²) < 4.78 is 27.6. The van der Waals surface area contributed by atoms with E-state index in [1.807, 2.05) is 26.0 Å². The number of aryl methyl sites for hydroxylation is 2. The minimum absolute atomic E-state index is 0.206. The molecule has 1 N–H and O–H groups in total. The van der Waals surface area contributed by atoms with Gasteiger partial charge < -0.3 is 4.98 Å². The molecule has 0 radical (unpaired) electrons. The summed E-state index contributed by atoms with van der Waals surface area (Å²) in [4.78, 5) is 22.1. The zero-order chi connectivity index (χ0) is 21.5. The molecule has 0 spiro atoms. The molecule has 0 amide bonds. The lowest BCUT2D eigenvalue weighted by Gasteiger charge is -2.33. The highest BCUT2D eigenvalue weighted by Gasteiger charge is 2.29. The van der Waals surface area contributed by atoms with Crippen molar-refractivity contribution in [2.24, 2.45) is 0 Å². The Morgan fingerprint density at radius 3 is 2.50 bits per heavy atom. The van der Waals surface area contributed by atoms with E-state index in [-0.39, 0.29) is 5.56 Å². The predicted octanol–water partition coefficient (Wildman–Crippen LogP) is 2.70. The van der Waals surface area contributed by atoms with Crippen molar-refractivity contribution in [1.82, 2.24) is 19.2 Å². The number of benzene rings is 2. The Bertz CT molecular complexity index is 1260. The third-order valence-electron chi connectivity index (χ3n) is 5.37. The molecule has 0 unspecified atom stereocenters. The Kier molecular flexibility index (Phi) is 5.67. The van der Waals surface area contributed by atoms with E-state index in [2.05, 4.69) is 14.9 Å². The first-order valence-corrected chi connectivity index (χ1v) is 11.5. The smallest absolute Gasteiger partial charge is 0.258 e. The lowest BCUT2D eigenvalue weighted by molar-refractivity contribution is 0.178. The Labute approximate surface area is 180 Å². The third-order valence-corrected chi connectivity index (χ3v) is 7.66. The van der Waals surface area contributed by atoms with Crippen LogP contribution >= 0.6 is 11.6 Å². The standard InChI is InChI=1S/C21H23ClN4O3S/c1-14-3-6-19(15(2)11-14)30(28,29)26-9-7-25(8-10-26)13-20-23-18-12-16(22)4-5-17(18)21(27)24-20/h3-6,11-12H,7-10,13H2,1-2H3,(H,23,24,27). The van der Waals surface area contributed by atoms with Gasteiger partial charge in [0, 0.05) is 31.2 Å². The molecule has 0 atom stereocenters. The van der Waals surface area contributed by atoms with Crippen LogP contribution in [0.2, 0.25) is 5.02 Å². The third kappa shape index (κ3) is 4.13. The van der Waals surface area contributed by atoms with Crippen molar-refractivity contribution in [3.05, 3.63) is 68.7 Å². The lowest BCUT2D eigenvalue weighted by Crippen LogP contribution is -2.48. The molecule has 1 fully saturated rings. The topological polar surface area (TPSA) is 86.4 Å². The Morgan fingerprint density at radius 1 is 1.07 bits per heavy atom. The van der Waals surface area contributed by atoms with E-state index in [1.54, 1.807) is 24.3 Å². The van der Waals surface area contributed by atoms with Gasteiger partial charge in [0.25, 0.3) is 5.56 Å². The van der Waals surface area contributed by atoms with Crippen LogP contribution in [0, 0.1) is 13.8 Å². The monoisotopic (exact) mass is 446 g/mol. The van der Waals surface area contributed by atoms with Gasteiger partial charge >= 0.3 is 0 Å². The number of sulfonamides is 1. The van der Waals surface area contributed by atoms with E-state index in [9.17, 15) is 13.2 Å². The number of hydrogen-bond donors (Lipinski definition) is 1. The van der Waals surface area contributed by atoms with Gasteiger partial charge in [0.15, 0.2) is 0 Å². The molecule has 0 saturated carbocycles. The second kappa shape index (κ2) is 8.11.